The molecule has 0 radical (unpaired) electrons. The molecule has 1 N–H and O–H groups in total. The average molecular weight is 257 g/mol. The number of hydrogen-bond acceptors (Lipinski definition) is 4. The zero-order valence-corrected chi connectivity index (χ0v) is 11.1. The van der Waals surface area contributed by atoms with Gasteiger partial charge in [-0.2, -0.15) is 0 Å². The number of amides is 1. The lowest BCUT2D eigenvalue weighted by molar-refractivity contribution is -0.119. The standard InChI is InChI=1S/C11H17ClN4O/c1-4-9-14-8(12)6-10(15-9)16(5-2)7-11(17)13-3/h6H,4-5,7H2,1-3H3,(H,13,17). The predicted molar refractivity (Wildman–Crippen MR) is 68.4 cm³/mol. The highest BCUT2D eigenvalue weighted by molar-refractivity contribution is 6.29. The molecule has 1 aromatic rings. The van der Waals surface area contributed by atoms with Crippen LogP contribution in [0.3, 0.4) is 0 Å². The molecule has 0 unspecified atom stereocenters. The van der Waals surface area contributed by atoms with Gasteiger partial charge < -0.3 is 10.2 Å². The van der Waals surface area contributed by atoms with E-state index < -0.39 is 0 Å². The van der Waals surface area contributed by atoms with Gasteiger partial charge in [-0.3, -0.25) is 4.79 Å². The second kappa shape index (κ2) is 6.39. The van der Waals surface area contributed by atoms with Crippen LogP contribution in [-0.4, -0.2) is 36.0 Å². The molecule has 0 spiro atoms. The minimum absolute atomic E-state index is 0.0559. The first-order valence-electron chi connectivity index (χ1n) is 5.59. The van der Waals surface area contributed by atoms with Gasteiger partial charge in [0.1, 0.15) is 16.8 Å². The fourth-order valence-corrected chi connectivity index (χ4v) is 1.57. The van der Waals surface area contributed by atoms with Crippen molar-refractivity contribution >= 4 is 23.3 Å². The first-order chi connectivity index (χ1) is 8.10. The van der Waals surface area contributed by atoms with Crippen LogP contribution in [0.15, 0.2) is 6.07 Å². The molecule has 0 bridgehead atoms. The largest absolute Gasteiger partial charge is 0.358 e. The number of anilines is 1. The molecule has 1 amide bonds. The molecule has 5 nitrogen and oxygen atoms in total. The smallest absolute Gasteiger partial charge is 0.239 e. The van der Waals surface area contributed by atoms with E-state index in [2.05, 4.69) is 15.3 Å². The van der Waals surface area contributed by atoms with E-state index in [0.29, 0.717) is 29.8 Å². The van der Waals surface area contributed by atoms with E-state index in [-0.39, 0.29) is 12.5 Å². The molecule has 0 fully saturated rings. The molecule has 0 saturated carbocycles. The van der Waals surface area contributed by atoms with Gasteiger partial charge in [0.2, 0.25) is 5.91 Å². The van der Waals surface area contributed by atoms with Crippen molar-refractivity contribution in [1.29, 1.82) is 0 Å². The number of halogens is 1. The Bertz CT molecular complexity index is 397. The highest BCUT2D eigenvalue weighted by Crippen LogP contribution is 2.16. The summed E-state index contributed by atoms with van der Waals surface area (Å²) in [6.07, 6.45) is 0.713. The first kappa shape index (κ1) is 13.7. The third-order valence-corrected chi connectivity index (χ3v) is 2.56. The SMILES string of the molecule is CCc1nc(Cl)cc(N(CC)CC(=O)NC)n1. The fraction of sp³-hybridized carbons (Fsp3) is 0.545. The second-order valence-corrected chi connectivity index (χ2v) is 3.89. The van der Waals surface area contributed by atoms with Crippen LogP contribution >= 0.6 is 11.6 Å². The molecule has 0 aliphatic rings. The van der Waals surface area contributed by atoms with Crippen molar-refractivity contribution < 1.29 is 4.79 Å². The Hall–Kier alpha value is -1.36. The van der Waals surface area contributed by atoms with Crippen molar-refractivity contribution in [2.45, 2.75) is 20.3 Å². The maximum atomic E-state index is 11.4. The number of aryl methyl sites for hydroxylation is 1. The minimum Gasteiger partial charge on any atom is -0.358 e. The number of nitrogens with one attached hydrogen (secondary N) is 1. The molecule has 6 heteroatoms. The Morgan fingerprint density at radius 1 is 1.47 bits per heavy atom. The summed E-state index contributed by atoms with van der Waals surface area (Å²) in [5.74, 6) is 1.32. The molecule has 17 heavy (non-hydrogen) atoms. The third kappa shape index (κ3) is 3.85. The van der Waals surface area contributed by atoms with Crippen LogP contribution in [-0.2, 0) is 11.2 Å². The van der Waals surface area contributed by atoms with Gasteiger partial charge >= 0.3 is 0 Å². The average Bonchev–Trinajstić information content (AvgIpc) is 2.34. The summed E-state index contributed by atoms with van der Waals surface area (Å²) in [6.45, 7) is 4.88. The van der Waals surface area contributed by atoms with Gasteiger partial charge in [-0.1, -0.05) is 18.5 Å². The van der Waals surface area contributed by atoms with Crippen LogP contribution in [0.5, 0.6) is 0 Å². The lowest BCUT2D eigenvalue weighted by atomic mass is 10.4. The molecule has 1 heterocycles. The number of aromatic nitrogens is 2. The van der Waals surface area contributed by atoms with Crippen molar-refractivity contribution in [3.63, 3.8) is 0 Å². The number of carbonyl (C=O) groups excluding carboxylic acids is 1. The molecule has 0 aliphatic heterocycles. The summed E-state index contributed by atoms with van der Waals surface area (Å²) >= 11 is 5.92. The Kier molecular flexibility index (Phi) is 5.15. The van der Waals surface area contributed by atoms with Crippen LogP contribution in [0.4, 0.5) is 5.82 Å². The highest BCUT2D eigenvalue weighted by atomic mass is 35.5. The molecular formula is C11H17ClN4O. The maximum Gasteiger partial charge on any atom is 0.239 e. The van der Waals surface area contributed by atoms with Gasteiger partial charge in [0.25, 0.3) is 0 Å². The van der Waals surface area contributed by atoms with Gasteiger partial charge in [-0.25, -0.2) is 9.97 Å². The van der Waals surface area contributed by atoms with Crippen molar-refractivity contribution in [1.82, 2.24) is 15.3 Å². The van der Waals surface area contributed by atoms with Crippen LogP contribution < -0.4 is 10.2 Å². The molecular weight excluding hydrogens is 240 g/mol. The number of rotatable bonds is 5. The highest BCUT2D eigenvalue weighted by Gasteiger charge is 2.12. The molecule has 1 rings (SSSR count). The van der Waals surface area contributed by atoms with Crippen molar-refractivity contribution in [2.24, 2.45) is 0 Å². The number of hydrogen-bond donors (Lipinski definition) is 1. The van der Waals surface area contributed by atoms with E-state index >= 15 is 0 Å². The second-order valence-electron chi connectivity index (χ2n) is 3.51. The molecule has 94 valence electrons. The van der Waals surface area contributed by atoms with Gasteiger partial charge in [0.15, 0.2) is 0 Å². The number of likely N-dealkylation sites (N-methyl/N-ethyl adjacent to an activating group) is 2. The summed E-state index contributed by atoms with van der Waals surface area (Å²) in [7, 11) is 1.61. The lowest BCUT2D eigenvalue weighted by Gasteiger charge is -2.21. The van der Waals surface area contributed by atoms with Crippen LogP contribution in [0.1, 0.15) is 19.7 Å². The fourth-order valence-electron chi connectivity index (χ4n) is 1.38. The van der Waals surface area contributed by atoms with E-state index in [1.807, 2.05) is 18.7 Å². The van der Waals surface area contributed by atoms with Crippen LogP contribution in [0.25, 0.3) is 0 Å². The molecule has 0 aromatic carbocycles. The number of nitrogens with zero attached hydrogens (tertiary/aromatic N) is 3. The zero-order chi connectivity index (χ0) is 12.8. The number of carbonyl (C=O) groups is 1. The monoisotopic (exact) mass is 256 g/mol. The normalized spacial score (nSPS) is 10.1. The van der Waals surface area contributed by atoms with Crippen molar-refractivity contribution in [2.75, 3.05) is 25.0 Å². The van der Waals surface area contributed by atoms with E-state index in [0.717, 1.165) is 0 Å². The maximum absolute atomic E-state index is 11.4. The van der Waals surface area contributed by atoms with Crippen molar-refractivity contribution in [3.8, 4) is 0 Å². The van der Waals surface area contributed by atoms with Crippen LogP contribution in [0.2, 0.25) is 5.15 Å². The minimum atomic E-state index is -0.0559. The summed E-state index contributed by atoms with van der Waals surface area (Å²) in [6, 6.07) is 1.67. The Morgan fingerprint density at radius 3 is 2.71 bits per heavy atom. The van der Waals surface area contributed by atoms with E-state index in [9.17, 15) is 4.79 Å². The Labute approximate surface area is 106 Å². The molecule has 0 atom stereocenters. The van der Waals surface area contributed by atoms with E-state index in [1.165, 1.54) is 0 Å². The van der Waals surface area contributed by atoms with Gasteiger partial charge in [0.05, 0.1) is 6.54 Å². The lowest BCUT2D eigenvalue weighted by Crippen LogP contribution is -2.36. The molecule has 1 aromatic heterocycles. The van der Waals surface area contributed by atoms with Gasteiger partial charge in [0, 0.05) is 26.1 Å². The Morgan fingerprint density at radius 2 is 2.18 bits per heavy atom. The third-order valence-electron chi connectivity index (χ3n) is 2.36. The summed E-state index contributed by atoms with van der Waals surface area (Å²) in [5, 5.41) is 2.99. The van der Waals surface area contributed by atoms with Crippen LogP contribution in [0, 0.1) is 0 Å². The topological polar surface area (TPSA) is 58.1 Å². The van der Waals surface area contributed by atoms with Crippen molar-refractivity contribution in [3.05, 3.63) is 17.0 Å². The van der Waals surface area contributed by atoms with Gasteiger partial charge in [-0.05, 0) is 6.92 Å². The summed E-state index contributed by atoms with van der Waals surface area (Å²) in [5.41, 5.74) is 0. The zero-order valence-electron chi connectivity index (χ0n) is 10.3. The summed E-state index contributed by atoms with van der Waals surface area (Å²) < 4.78 is 0. The Balaban J connectivity index is 2.94. The first-order valence-corrected chi connectivity index (χ1v) is 5.97. The van der Waals surface area contributed by atoms with Gasteiger partial charge in [-0.15, -0.1) is 0 Å². The van der Waals surface area contributed by atoms with E-state index in [1.54, 1.807) is 13.1 Å². The quantitative estimate of drug-likeness (QED) is 0.806. The molecule has 0 aliphatic carbocycles. The van der Waals surface area contributed by atoms with E-state index in [4.69, 9.17) is 11.6 Å². The summed E-state index contributed by atoms with van der Waals surface area (Å²) in [4.78, 5) is 21.7. The molecule has 0 saturated heterocycles. The predicted octanol–water partition coefficient (Wildman–Crippen LogP) is 1.26.